The van der Waals surface area contributed by atoms with Crippen LogP contribution in [0.25, 0.3) is 28.2 Å². The summed E-state index contributed by atoms with van der Waals surface area (Å²) in [6.45, 7) is 2.22. The minimum absolute atomic E-state index is 0.152. The molecule has 5 rings (SSSR count). The summed E-state index contributed by atoms with van der Waals surface area (Å²) in [6, 6.07) is 16.0. The number of aromatic hydroxyl groups is 1. The summed E-state index contributed by atoms with van der Waals surface area (Å²) in [5.41, 5.74) is 2.42. The molecule has 0 atom stereocenters. The van der Waals surface area contributed by atoms with Gasteiger partial charge in [0.1, 0.15) is 11.7 Å². The van der Waals surface area contributed by atoms with Gasteiger partial charge in [-0.1, -0.05) is 54.0 Å². The third-order valence-electron chi connectivity index (χ3n) is 5.34. The van der Waals surface area contributed by atoms with Crippen LogP contribution >= 0.6 is 11.6 Å². The van der Waals surface area contributed by atoms with Gasteiger partial charge in [0.25, 0.3) is 11.5 Å². The molecule has 0 aliphatic rings. The second-order valence-electron chi connectivity index (χ2n) is 7.45. The zero-order valence-corrected chi connectivity index (χ0v) is 18.4. The van der Waals surface area contributed by atoms with Crippen molar-refractivity contribution in [2.75, 3.05) is 0 Å². The van der Waals surface area contributed by atoms with Crippen LogP contribution in [0.2, 0.25) is 5.15 Å². The molecule has 4 heterocycles. The van der Waals surface area contributed by atoms with Gasteiger partial charge in [-0.2, -0.15) is 14.0 Å². The molecule has 0 fully saturated rings. The van der Waals surface area contributed by atoms with Gasteiger partial charge >= 0.3 is 5.56 Å². The minimum Gasteiger partial charge on any atom is -0.477 e. The number of hydrogen-bond donors (Lipinski definition) is 1. The van der Waals surface area contributed by atoms with Gasteiger partial charge < -0.3 is 9.63 Å². The van der Waals surface area contributed by atoms with Crippen LogP contribution in [0.1, 0.15) is 18.4 Å². The zero-order chi connectivity index (χ0) is 22.9. The van der Waals surface area contributed by atoms with Crippen LogP contribution in [0.15, 0.2) is 76.3 Å². The second-order valence-corrected chi connectivity index (χ2v) is 7.84. The van der Waals surface area contributed by atoms with Crippen LogP contribution < -0.4 is 10.1 Å². The fourth-order valence-electron chi connectivity index (χ4n) is 3.71. The van der Waals surface area contributed by atoms with Crippen LogP contribution in [0.5, 0.6) is 5.88 Å². The van der Waals surface area contributed by atoms with E-state index >= 15 is 0 Å². The molecular weight excluding hydrogens is 442 g/mol. The average Bonchev–Trinajstić information content (AvgIpc) is 3.33. The Hall–Kier alpha value is -4.04. The van der Waals surface area contributed by atoms with E-state index in [1.165, 1.54) is 4.40 Å². The van der Waals surface area contributed by atoms with Gasteiger partial charge in [-0.15, -0.1) is 0 Å². The lowest BCUT2D eigenvalue weighted by molar-refractivity contribution is -0.671. The van der Waals surface area contributed by atoms with E-state index < -0.39 is 0 Å². The monoisotopic (exact) mass is 460 g/mol. The molecule has 5 aromatic rings. The van der Waals surface area contributed by atoms with E-state index in [0.29, 0.717) is 46.6 Å². The third kappa shape index (κ3) is 3.85. The summed E-state index contributed by atoms with van der Waals surface area (Å²) in [6.07, 6.45) is 3.94. The van der Waals surface area contributed by atoms with Crippen LogP contribution in [-0.2, 0) is 13.0 Å². The lowest BCUT2D eigenvalue weighted by Gasteiger charge is -2.10. The summed E-state index contributed by atoms with van der Waals surface area (Å²) < 4.78 is 8.39. The highest BCUT2D eigenvalue weighted by Crippen LogP contribution is 2.27. The van der Waals surface area contributed by atoms with E-state index in [9.17, 15) is 9.90 Å². The molecule has 164 valence electrons. The van der Waals surface area contributed by atoms with Crippen molar-refractivity contribution >= 4 is 17.2 Å². The maximum absolute atomic E-state index is 13.4. The third-order valence-corrected chi connectivity index (χ3v) is 5.56. The normalized spacial score (nSPS) is 11.2. The van der Waals surface area contributed by atoms with Crippen molar-refractivity contribution in [2.45, 2.75) is 19.9 Å². The predicted octanol–water partition coefficient (Wildman–Crippen LogP) is 3.67. The predicted molar refractivity (Wildman–Crippen MR) is 122 cm³/mol. The first kappa shape index (κ1) is 20.8. The molecule has 0 aliphatic heterocycles. The SMILES string of the molecule is CCc1nc(-c2cccc(-c3c(O)[n+](Cc4ccc(Cl)nc4)c4ccccn4c3=O)c2)no1. The molecule has 0 saturated heterocycles. The molecule has 0 spiro atoms. The first-order valence-electron chi connectivity index (χ1n) is 10.3. The highest BCUT2D eigenvalue weighted by molar-refractivity contribution is 6.29. The number of halogens is 1. The Morgan fingerprint density at radius 2 is 1.97 bits per heavy atom. The number of nitrogens with zero attached hydrogens (tertiary/aromatic N) is 5. The summed E-state index contributed by atoms with van der Waals surface area (Å²) >= 11 is 5.91. The summed E-state index contributed by atoms with van der Waals surface area (Å²) in [7, 11) is 0. The summed E-state index contributed by atoms with van der Waals surface area (Å²) in [5.74, 6) is 0.799. The molecule has 0 radical (unpaired) electrons. The van der Waals surface area contributed by atoms with Crippen molar-refractivity contribution in [1.29, 1.82) is 0 Å². The number of hydrogen-bond acceptors (Lipinski definition) is 6. The molecule has 0 amide bonds. The number of benzene rings is 1. The lowest BCUT2D eigenvalue weighted by atomic mass is 10.0. The maximum Gasteiger partial charge on any atom is 0.354 e. The van der Waals surface area contributed by atoms with Crippen molar-refractivity contribution in [3.63, 3.8) is 0 Å². The minimum atomic E-state index is -0.340. The largest absolute Gasteiger partial charge is 0.477 e. The van der Waals surface area contributed by atoms with Crippen LogP contribution in [0, 0.1) is 0 Å². The van der Waals surface area contributed by atoms with E-state index in [0.717, 1.165) is 5.56 Å². The van der Waals surface area contributed by atoms with Crippen molar-refractivity contribution in [1.82, 2.24) is 19.5 Å². The van der Waals surface area contributed by atoms with Gasteiger partial charge in [0.2, 0.25) is 11.7 Å². The van der Waals surface area contributed by atoms with Gasteiger partial charge in [-0.05, 0) is 23.8 Å². The van der Waals surface area contributed by atoms with Gasteiger partial charge in [0.15, 0.2) is 5.56 Å². The lowest BCUT2D eigenvalue weighted by Crippen LogP contribution is -2.41. The fourth-order valence-corrected chi connectivity index (χ4v) is 3.82. The van der Waals surface area contributed by atoms with Crippen molar-refractivity contribution in [3.8, 4) is 28.4 Å². The highest BCUT2D eigenvalue weighted by atomic mass is 35.5. The van der Waals surface area contributed by atoms with Crippen molar-refractivity contribution in [3.05, 3.63) is 94.0 Å². The van der Waals surface area contributed by atoms with Gasteiger partial charge in [0.05, 0.1) is 6.20 Å². The molecule has 9 heteroatoms. The molecule has 0 bridgehead atoms. The van der Waals surface area contributed by atoms with Crippen LogP contribution in [0.4, 0.5) is 0 Å². The van der Waals surface area contributed by atoms with Crippen LogP contribution in [-0.4, -0.2) is 24.6 Å². The average molecular weight is 461 g/mol. The van der Waals surface area contributed by atoms with E-state index in [1.807, 2.05) is 25.1 Å². The molecule has 0 unspecified atom stereocenters. The Kier molecular flexibility index (Phi) is 5.35. The summed E-state index contributed by atoms with van der Waals surface area (Å²) in [5, 5.41) is 15.7. The Morgan fingerprint density at radius 1 is 1.12 bits per heavy atom. The van der Waals surface area contributed by atoms with Crippen molar-refractivity contribution < 1.29 is 14.2 Å². The van der Waals surface area contributed by atoms with Crippen LogP contribution in [0.3, 0.4) is 0 Å². The van der Waals surface area contributed by atoms with E-state index in [-0.39, 0.29) is 17.0 Å². The molecule has 8 nitrogen and oxygen atoms in total. The van der Waals surface area contributed by atoms with E-state index in [1.54, 1.807) is 53.4 Å². The first-order valence-corrected chi connectivity index (χ1v) is 10.7. The second kappa shape index (κ2) is 8.48. The van der Waals surface area contributed by atoms with Gasteiger partial charge in [-0.25, -0.2) is 9.78 Å². The zero-order valence-electron chi connectivity index (χ0n) is 17.6. The molecular formula is C24H19ClN5O3+. The number of rotatable bonds is 5. The fraction of sp³-hybridized carbons (Fsp3) is 0.125. The van der Waals surface area contributed by atoms with Gasteiger partial charge in [-0.3, -0.25) is 0 Å². The molecule has 0 aliphatic carbocycles. The Bertz CT molecular complexity index is 1530. The van der Waals surface area contributed by atoms with Crippen molar-refractivity contribution in [2.24, 2.45) is 0 Å². The van der Waals surface area contributed by atoms with E-state index in [2.05, 4.69) is 15.1 Å². The molecule has 1 N–H and O–H groups in total. The quantitative estimate of drug-likeness (QED) is 0.317. The number of fused-ring (bicyclic) bond motifs is 1. The smallest absolute Gasteiger partial charge is 0.354 e. The Balaban J connectivity index is 1.70. The first-order chi connectivity index (χ1) is 16.0. The molecule has 1 aromatic carbocycles. The maximum atomic E-state index is 13.4. The molecule has 0 saturated carbocycles. The van der Waals surface area contributed by atoms with Gasteiger partial charge in [0, 0.05) is 29.8 Å². The standard InChI is InChI=1S/C24H18ClN5O3/c1-2-19-27-22(28-33-19)17-7-5-6-16(12-17)21-23(31)29-11-4-3-8-20(29)30(24(21)32)14-15-9-10-18(25)26-13-15/h3-13H,2,14H2,1H3/p+1. The Labute approximate surface area is 193 Å². The summed E-state index contributed by atoms with van der Waals surface area (Å²) in [4.78, 5) is 21.9. The molecule has 33 heavy (non-hydrogen) atoms. The Morgan fingerprint density at radius 3 is 2.73 bits per heavy atom. The topological polar surface area (TPSA) is 97.4 Å². The molecule has 4 aromatic heterocycles. The van der Waals surface area contributed by atoms with E-state index in [4.69, 9.17) is 16.1 Å². The number of aryl methyl sites for hydroxylation is 1. The number of aromatic nitrogens is 5. The number of pyridine rings is 2. The highest BCUT2D eigenvalue weighted by Gasteiger charge is 2.25.